The van der Waals surface area contributed by atoms with Crippen LogP contribution < -0.4 is 0 Å². The van der Waals surface area contributed by atoms with Crippen molar-refractivity contribution in [3.05, 3.63) is 47.5 Å². The zero-order chi connectivity index (χ0) is 18.8. The van der Waals surface area contributed by atoms with E-state index < -0.39 is 0 Å². The van der Waals surface area contributed by atoms with E-state index in [2.05, 4.69) is 31.2 Å². The Hall–Kier alpha value is -1.70. The summed E-state index contributed by atoms with van der Waals surface area (Å²) in [6.45, 7) is 4.05. The second-order valence-electron chi connectivity index (χ2n) is 7.82. The molecule has 0 aliphatic heterocycles. The summed E-state index contributed by atoms with van der Waals surface area (Å²) in [4.78, 5) is 22.5. The summed E-state index contributed by atoms with van der Waals surface area (Å²) in [6, 6.07) is 8.55. The van der Waals surface area contributed by atoms with E-state index in [1.54, 1.807) is 0 Å². The Morgan fingerprint density at radius 3 is 2.22 bits per heavy atom. The first-order chi connectivity index (χ1) is 12.6. The number of hydrogen-bond donors (Lipinski definition) is 0. The maximum Gasteiger partial charge on any atom is 0.143 e. The zero-order valence-electron chi connectivity index (χ0n) is 16.5. The van der Waals surface area contributed by atoms with Crippen LogP contribution in [0.15, 0.2) is 36.4 Å². The van der Waals surface area contributed by atoms with E-state index in [9.17, 15) is 9.59 Å². The fraction of sp³-hybridized carbons (Fsp3) is 0.600. The van der Waals surface area contributed by atoms with Crippen molar-refractivity contribution in [2.75, 3.05) is 0 Å². The van der Waals surface area contributed by atoms with E-state index in [-0.39, 0.29) is 14.8 Å². The molecular formula is C25H40O2. The highest BCUT2D eigenvalue weighted by Gasteiger charge is 2.19. The van der Waals surface area contributed by atoms with Crippen LogP contribution in [-0.4, -0.2) is 11.6 Å². The normalized spacial score (nSPS) is 16.1. The fourth-order valence-corrected chi connectivity index (χ4v) is 3.52. The highest BCUT2D eigenvalue weighted by molar-refractivity contribution is 5.87. The molecule has 0 amide bonds. The summed E-state index contributed by atoms with van der Waals surface area (Å²) in [5, 5.41) is 0. The molecule has 0 spiro atoms. The molecule has 1 saturated carbocycles. The number of ketones is 2. The maximum atomic E-state index is 11.4. The molecular weight excluding hydrogens is 332 g/mol. The van der Waals surface area contributed by atoms with Crippen LogP contribution in [-0.2, 0) is 16.0 Å². The summed E-state index contributed by atoms with van der Waals surface area (Å²) >= 11 is 0. The van der Waals surface area contributed by atoms with E-state index >= 15 is 0 Å². The third-order valence-electron chi connectivity index (χ3n) is 5.40. The zero-order valence-corrected chi connectivity index (χ0v) is 16.5. The highest BCUT2D eigenvalue weighted by atomic mass is 16.1. The third-order valence-corrected chi connectivity index (χ3v) is 5.40. The number of benzene rings is 1. The van der Waals surface area contributed by atoms with Gasteiger partial charge in [0.2, 0.25) is 0 Å². The van der Waals surface area contributed by atoms with Crippen LogP contribution in [0, 0.1) is 18.8 Å². The second-order valence-corrected chi connectivity index (χ2v) is 7.82. The Morgan fingerprint density at radius 1 is 1.04 bits per heavy atom. The van der Waals surface area contributed by atoms with Crippen molar-refractivity contribution in [2.24, 2.45) is 11.8 Å². The summed E-state index contributed by atoms with van der Waals surface area (Å²) in [7, 11) is 0. The molecule has 2 nitrogen and oxygen atoms in total. The molecule has 1 aromatic carbocycles. The molecule has 0 saturated heterocycles. The van der Waals surface area contributed by atoms with Gasteiger partial charge in [0.25, 0.3) is 0 Å². The van der Waals surface area contributed by atoms with Gasteiger partial charge < -0.3 is 0 Å². The van der Waals surface area contributed by atoms with Gasteiger partial charge in [0.1, 0.15) is 11.6 Å². The van der Waals surface area contributed by atoms with Crippen molar-refractivity contribution < 1.29 is 11.0 Å². The van der Waals surface area contributed by atoms with Crippen LogP contribution in [0.2, 0.25) is 0 Å². The van der Waals surface area contributed by atoms with Gasteiger partial charge in [-0.3, -0.25) is 9.59 Å². The standard InChI is InChI=1S/C14H16O.C10H18O.CH4.H2/c1-11-5-7-12(8-6-11)3-2-4-14(15)13-9-10-13;1-2-10(11)8-9-6-4-3-5-7-9;;/h5-10,13H,2-4H2,1H3;9H,2-8H2,1H3;1H4;1H. The third kappa shape index (κ3) is 9.70. The lowest BCUT2D eigenvalue weighted by Crippen LogP contribution is -2.11. The SMILES string of the molecule is C.CCC(=O)CC1CCCCC1.Cc1ccc(CCCC(=O)C2C=C2)cc1.[HH]. The average Bonchev–Trinajstić information content (AvgIpc) is 3.50. The first-order valence-corrected chi connectivity index (χ1v) is 10.4. The lowest BCUT2D eigenvalue weighted by atomic mass is 9.85. The first-order valence-electron chi connectivity index (χ1n) is 10.4. The van der Waals surface area contributed by atoms with Gasteiger partial charge in [0.05, 0.1) is 5.92 Å². The molecule has 0 aromatic heterocycles. The van der Waals surface area contributed by atoms with Crippen LogP contribution in [0.4, 0.5) is 0 Å². The lowest BCUT2D eigenvalue weighted by molar-refractivity contribution is -0.120. The van der Waals surface area contributed by atoms with E-state index in [1.165, 1.54) is 43.2 Å². The summed E-state index contributed by atoms with van der Waals surface area (Å²) in [5.74, 6) is 1.75. The van der Waals surface area contributed by atoms with Gasteiger partial charge in [-0.2, -0.15) is 0 Å². The minimum absolute atomic E-state index is 0. The van der Waals surface area contributed by atoms with Gasteiger partial charge in [-0.1, -0.05) is 88.4 Å². The molecule has 3 rings (SSSR count). The highest BCUT2D eigenvalue weighted by Crippen LogP contribution is 2.26. The number of aryl methyl sites for hydroxylation is 2. The van der Waals surface area contributed by atoms with Crippen LogP contribution in [0.1, 0.15) is 84.7 Å². The summed E-state index contributed by atoms with van der Waals surface area (Å²) in [5.41, 5.74) is 2.62. The Labute approximate surface area is 167 Å². The minimum Gasteiger partial charge on any atom is -0.300 e. The van der Waals surface area contributed by atoms with Gasteiger partial charge >= 0.3 is 0 Å². The molecule has 0 unspecified atom stereocenters. The monoisotopic (exact) mass is 372 g/mol. The maximum absolute atomic E-state index is 11.4. The molecule has 1 aromatic rings. The number of allylic oxidation sites excluding steroid dienone is 2. The number of Topliss-reactive ketones (excluding diaryl/α,β-unsaturated/α-hetero) is 2. The average molecular weight is 373 g/mol. The Balaban J connectivity index is 0.000000507. The minimum atomic E-state index is 0. The van der Waals surface area contributed by atoms with Crippen LogP contribution in [0.5, 0.6) is 0 Å². The van der Waals surface area contributed by atoms with Gasteiger partial charge in [0.15, 0.2) is 0 Å². The van der Waals surface area contributed by atoms with Gasteiger partial charge in [0, 0.05) is 20.7 Å². The van der Waals surface area contributed by atoms with E-state index in [4.69, 9.17) is 0 Å². The Bertz CT molecular complexity index is 591. The van der Waals surface area contributed by atoms with Crippen molar-refractivity contribution >= 4 is 11.6 Å². The predicted octanol–water partition coefficient (Wildman–Crippen LogP) is 6.89. The van der Waals surface area contributed by atoms with Crippen molar-refractivity contribution in [1.82, 2.24) is 0 Å². The molecule has 0 atom stereocenters. The molecule has 0 radical (unpaired) electrons. The van der Waals surface area contributed by atoms with Crippen molar-refractivity contribution in [3.63, 3.8) is 0 Å². The van der Waals surface area contributed by atoms with E-state index in [1.807, 2.05) is 19.1 Å². The van der Waals surface area contributed by atoms with Crippen LogP contribution in [0.25, 0.3) is 0 Å². The quantitative estimate of drug-likeness (QED) is 0.465. The number of carbonyl (C=O) groups excluding carboxylic acids is 2. The van der Waals surface area contributed by atoms with Gasteiger partial charge in [-0.05, 0) is 31.2 Å². The van der Waals surface area contributed by atoms with Gasteiger partial charge in [-0.15, -0.1) is 0 Å². The van der Waals surface area contributed by atoms with Gasteiger partial charge in [-0.25, -0.2) is 0 Å². The molecule has 152 valence electrons. The van der Waals surface area contributed by atoms with Crippen LogP contribution in [0.3, 0.4) is 0 Å². The topological polar surface area (TPSA) is 34.1 Å². The molecule has 2 heteroatoms. The second kappa shape index (κ2) is 12.6. The number of hydrogen-bond acceptors (Lipinski definition) is 2. The summed E-state index contributed by atoms with van der Waals surface area (Å²) in [6.07, 6.45) is 14.9. The lowest BCUT2D eigenvalue weighted by Gasteiger charge is -2.20. The molecule has 1 fully saturated rings. The van der Waals surface area contributed by atoms with Crippen LogP contribution >= 0.6 is 0 Å². The molecule has 2 aliphatic rings. The molecule has 27 heavy (non-hydrogen) atoms. The first kappa shape index (κ1) is 23.3. The Kier molecular flexibility index (Phi) is 10.9. The molecule has 2 aliphatic carbocycles. The van der Waals surface area contributed by atoms with E-state index in [0.717, 1.165) is 31.6 Å². The van der Waals surface area contributed by atoms with Crippen molar-refractivity contribution in [3.8, 4) is 0 Å². The Morgan fingerprint density at radius 2 is 1.67 bits per heavy atom. The van der Waals surface area contributed by atoms with Crippen molar-refractivity contribution in [1.29, 1.82) is 0 Å². The predicted molar refractivity (Wildman–Crippen MR) is 117 cm³/mol. The fourth-order valence-electron chi connectivity index (χ4n) is 3.52. The van der Waals surface area contributed by atoms with Crippen molar-refractivity contribution in [2.45, 2.75) is 85.5 Å². The largest absolute Gasteiger partial charge is 0.300 e. The molecule has 0 bridgehead atoms. The van der Waals surface area contributed by atoms with E-state index in [0.29, 0.717) is 18.0 Å². The smallest absolute Gasteiger partial charge is 0.143 e. The summed E-state index contributed by atoms with van der Waals surface area (Å²) < 4.78 is 0. The number of carbonyl (C=O) groups is 2. The molecule has 0 N–H and O–H groups in total. The number of rotatable bonds is 8. The molecule has 0 heterocycles.